The number of nitrogens with zero attached hydrogens (tertiary/aromatic N) is 2. The monoisotopic (exact) mass is 310 g/mol. The van der Waals surface area contributed by atoms with Gasteiger partial charge in [-0.15, -0.1) is 0 Å². The molecule has 3 unspecified atom stereocenters. The number of rotatable bonds is 3. The number of carbonyl (C=O) groups excluding carboxylic acids is 1. The molecular weight excluding hydrogens is 284 g/mol. The molecule has 1 saturated carbocycles. The summed E-state index contributed by atoms with van der Waals surface area (Å²) in [5.74, 6) is 1.46. The lowest BCUT2D eigenvalue weighted by Crippen LogP contribution is -2.40. The summed E-state index contributed by atoms with van der Waals surface area (Å²) < 4.78 is 2.52. The topological polar surface area (TPSA) is 25.2 Å². The Hall–Kier alpha value is -1.77. The van der Waals surface area contributed by atoms with Gasteiger partial charge < -0.3 is 9.47 Å². The molecule has 3 nitrogen and oxygen atoms in total. The summed E-state index contributed by atoms with van der Waals surface area (Å²) in [5.41, 5.74) is 4.41. The number of aromatic nitrogens is 1. The minimum Gasteiger partial charge on any atom is -0.349 e. The SMILES string of the molecule is CCCn1c2c(c3ccccc31)C1CCC2C(C(=O)N(C)C)C1. The molecule has 0 saturated heterocycles. The van der Waals surface area contributed by atoms with E-state index in [1.54, 1.807) is 10.5 Å². The normalized spacial score (nSPS) is 25.6. The first kappa shape index (κ1) is 14.8. The Morgan fingerprint density at radius 3 is 2.78 bits per heavy atom. The first-order chi connectivity index (χ1) is 11.1. The molecule has 0 N–H and O–H groups in total. The van der Waals surface area contributed by atoms with Gasteiger partial charge in [-0.3, -0.25) is 4.79 Å². The quantitative estimate of drug-likeness (QED) is 0.837. The highest BCUT2D eigenvalue weighted by Gasteiger charge is 2.46. The van der Waals surface area contributed by atoms with Crippen molar-refractivity contribution >= 4 is 16.8 Å². The average Bonchev–Trinajstić information content (AvgIpc) is 2.92. The molecule has 122 valence electrons. The zero-order valence-corrected chi connectivity index (χ0v) is 14.4. The first-order valence-corrected chi connectivity index (χ1v) is 8.95. The van der Waals surface area contributed by atoms with Crippen molar-refractivity contribution in [2.45, 2.75) is 51.0 Å². The molecule has 1 aromatic heterocycles. The van der Waals surface area contributed by atoms with Crippen LogP contribution in [0.4, 0.5) is 0 Å². The van der Waals surface area contributed by atoms with Crippen LogP contribution in [-0.2, 0) is 11.3 Å². The predicted molar refractivity (Wildman–Crippen MR) is 93.7 cm³/mol. The molecule has 23 heavy (non-hydrogen) atoms. The van der Waals surface area contributed by atoms with Crippen LogP contribution in [0.25, 0.3) is 10.9 Å². The predicted octanol–water partition coefficient (Wildman–Crippen LogP) is 4.12. The molecule has 3 aliphatic carbocycles. The lowest BCUT2D eigenvalue weighted by Gasteiger charge is -2.43. The summed E-state index contributed by atoms with van der Waals surface area (Å²) >= 11 is 0. The van der Waals surface area contributed by atoms with Crippen molar-refractivity contribution in [3.05, 3.63) is 35.5 Å². The lowest BCUT2D eigenvalue weighted by atomic mass is 9.63. The van der Waals surface area contributed by atoms with Crippen molar-refractivity contribution in [3.8, 4) is 0 Å². The fourth-order valence-electron chi connectivity index (χ4n) is 5.01. The van der Waals surface area contributed by atoms with E-state index in [4.69, 9.17) is 0 Å². The third kappa shape index (κ3) is 2.05. The van der Waals surface area contributed by atoms with Gasteiger partial charge >= 0.3 is 0 Å². The number of amides is 1. The molecule has 0 spiro atoms. The number of aryl methyl sites for hydroxylation is 1. The lowest BCUT2D eigenvalue weighted by molar-refractivity contribution is -0.135. The molecule has 3 heteroatoms. The zero-order valence-electron chi connectivity index (χ0n) is 14.4. The van der Waals surface area contributed by atoms with Crippen molar-refractivity contribution in [2.24, 2.45) is 5.92 Å². The van der Waals surface area contributed by atoms with Crippen molar-refractivity contribution in [1.29, 1.82) is 0 Å². The van der Waals surface area contributed by atoms with Crippen LogP contribution in [-0.4, -0.2) is 29.5 Å². The third-order valence-corrected chi connectivity index (χ3v) is 5.87. The van der Waals surface area contributed by atoms with E-state index in [0.717, 1.165) is 19.4 Å². The summed E-state index contributed by atoms with van der Waals surface area (Å²) in [4.78, 5) is 14.5. The van der Waals surface area contributed by atoms with Gasteiger partial charge in [-0.25, -0.2) is 0 Å². The van der Waals surface area contributed by atoms with Crippen molar-refractivity contribution in [3.63, 3.8) is 0 Å². The van der Waals surface area contributed by atoms with E-state index >= 15 is 0 Å². The molecule has 1 aromatic carbocycles. The summed E-state index contributed by atoms with van der Waals surface area (Å²) in [7, 11) is 3.79. The summed E-state index contributed by atoms with van der Waals surface area (Å²) in [5, 5.41) is 1.43. The largest absolute Gasteiger partial charge is 0.349 e. The van der Waals surface area contributed by atoms with E-state index < -0.39 is 0 Å². The van der Waals surface area contributed by atoms with Crippen molar-refractivity contribution in [2.75, 3.05) is 14.1 Å². The third-order valence-electron chi connectivity index (χ3n) is 5.87. The minimum atomic E-state index is 0.177. The molecule has 1 heterocycles. The number of benzene rings is 1. The fourth-order valence-corrected chi connectivity index (χ4v) is 5.01. The molecule has 5 rings (SSSR count). The second-order valence-electron chi connectivity index (χ2n) is 7.42. The van der Waals surface area contributed by atoms with E-state index in [0.29, 0.717) is 17.7 Å². The van der Waals surface area contributed by atoms with Gasteiger partial charge in [-0.1, -0.05) is 25.1 Å². The highest BCUT2D eigenvalue weighted by atomic mass is 16.2. The van der Waals surface area contributed by atoms with E-state index in [9.17, 15) is 4.79 Å². The van der Waals surface area contributed by atoms with Crippen molar-refractivity contribution < 1.29 is 4.79 Å². The van der Waals surface area contributed by atoms with E-state index in [1.165, 1.54) is 29.4 Å². The Labute approximate surface area is 138 Å². The van der Waals surface area contributed by atoms with Gasteiger partial charge in [0.2, 0.25) is 5.91 Å². The molecule has 0 aliphatic heterocycles. The van der Waals surface area contributed by atoms with Crippen LogP contribution in [0.1, 0.15) is 55.7 Å². The molecule has 3 aliphatic rings. The maximum Gasteiger partial charge on any atom is 0.225 e. The Kier molecular flexibility index (Phi) is 3.47. The van der Waals surface area contributed by atoms with Crippen LogP contribution in [0.15, 0.2) is 24.3 Å². The minimum absolute atomic E-state index is 0.177. The van der Waals surface area contributed by atoms with Gasteiger partial charge in [0.1, 0.15) is 0 Å². The Balaban J connectivity index is 1.91. The molecular formula is C20H26N2O. The second kappa shape index (κ2) is 5.40. The van der Waals surface area contributed by atoms with E-state index in [1.807, 2.05) is 14.1 Å². The van der Waals surface area contributed by atoms with Crippen LogP contribution in [0.5, 0.6) is 0 Å². The van der Waals surface area contributed by atoms with Crippen LogP contribution in [0.3, 0.4) is 0 Å². The maximum atomic E-state index is 12.7. The number of carbonyl (C=O) groups is 1. The van der Waals surface area contributed by atoms with Gasteiger partial charge in [0.15, 0.2) is 0 Å². The van der Waals surface area contributed by atoms with Crippen LogP contribution >= 0.6 is 0 Å². The summed E-state index contributed by atoms with van der Waals surface area (Å²) in [6, 6.07) is 8.84. The highest BCUT2D eigenvalue weighted by molar-refractivity contribution is 5.89. The maximum absolute atomic E-state index is 12.7. The van der Waals surface area contributed by atoms with Crippen molar-refractivity contribution in [1.82, 2.24) is 9.47 Å². The zero-order chi connectivity index (χ0) is 16.1. The van der Waals surface area contributed by atoms with Gasteiger partial charge in [0.25, 0.3) is 0 Å². The van der Waals surface area contributed by atoms with E-state index in [2.05, 4.69) is 35.8 Å². The van der Waals surface area contributed by atoms with Crippen LogP contribution in [0, 0.1) is 5.92 Å². The molecule has 2 bridgehead atoms. The number of hydrogen-bond donors (Lipinski definition) is 0. The molecule has 3 atom stereocenters. The van der Waals surface area contributed by atoms with Crippen LogP contribution < -0.4 is 0 Å². The fraction of sp³-hybridized carbons (Fsp3) is 0.550. The highest BCUT2D eigenvalue weighted by Crippen LogP contribution is 2.55. The molecule has 1 amide bonds. The number of fused-ring (bicyclic) bond motifs is 3. The molecule has 1 fully saturated rings. The Morgan fingerprint density at radius 2 is 2.04 bits per heavy atom. The van der Waals surface area contributed by atoms with Gasteiger partial charge in [0, 0.05) is 49.1 Å². The summed E-state index contributed by atoms with van der Waals surface area (Å²) in [6.07, 6.45) is 4.58. The first-order valence-electron chi connectivity index (χ1n) is 8.95. The van der Waals surface area contributed by atoms with Crippen LogP contribution in [0.2, 0.25) is 0 Å². The molecule has 0 radical (unpaired) electrons. The van der Waals surface area contributed by atoms with Gasteiger partial charge in [-0.2, -0.15) is 0 Å². The smallest absolute Gasteiger partial charge is 0.225 e. The standard InChI is InChI=1S/C20H26N2O/c1-4-11-22-17-8-6-5-7-15(17)18-13-9-10-14(19(18)22)16(12-13)20(23)21(2)3/h5-8,13-14,16H,4,9-12H2,1-3H3. The number of para-hydroxylation sites is 1. The average molecular weight is 310 g/mol. The number of hydrogen-bond acceptors (Lipinski definition) is 1. The Bertz CT molecular complexity index is 758. The van der Waals surface area contributed by atoms with Gasteiger partial charge in [0.05, 0.1) is 0 Å². The Morgan fingerprint density at radius 1 is 1.26 bits per heavy atom. The summed E-state index contributed by atoms with van der Waals surface area (Å²) in [6.45, 7) is 3.30. The second-order valence-corrected chi connectivity index (χ2v) is 7.42. The van der Waals surface area contributed by atoms with Gasteiger partial charge in [-0.05, 0) is 43.2 Å². The molecule has 2 aromatic rings. The van der Waals surface area contributed by atoms with E-state index in [-0.39, 0.29) is 5.92 Å².